The molecule has 6 nitrogen and oxygen atoms in total. The fourth-order valence-electron chi connectivity index (χ4n) is 2.92. The molecule has 0 aliphatic rings. The summed E-state index contributed by atoms with van der Waals surface area (Å²) >= 11 is 13.4. The van der Waals surface area contributed by atoms with E-state index in [1.807, 2.05) is 18.2 Å². The lowest BCUT2D eigenvalue weighted by atomic mass is 10.2. The molecule has 0 atom stereocenters. The van der Waals surface area contributed by atoms with Gasteiger partial charge in [0.2, 0.25) is 4.96 Å². The fourth-order valence-corrected chi connectivity index (χ4v) is 4.32. The number of rotatable bonds is 6. The SMILES string of the molecule is COc1cc(/C=c2\sc3nc(-c4ccc(Cl)cc4Cl)nn3c2=O)ccc1OCC(C)C. The van der Waals surface area contributed by atoms with Crippen molar-refractivity contribution in [2.45, 2.75) is 13.8 Å². The Bertz CT molecular complexity index is 1360. The summed E-state index contributed by atoms with van der Waals surface area (Å²) in [6.07, 6.45) is 1.78. The van der Waals surface area contributed by atoms with Gasteiger partial charge in [0.1, 0.15) is 0 Å². The van der Waals surface area contributed by atoms with Crippen LogP contribution in [0.3, 0.4) is 0 Å². The third kappa shape index (κ3) is 4.54. The van der Waals surface area contributed by atoms with E-state index in [0.717, 1.165) is 5.56 Å². The van der Waals surface area contributed by atoms with Gasteiger partial charge in [0.05, 0.1) is 23.3 Å². The maximum atomic E-state index is 12.8. The number of thiazole rings is 1. The molecule has 0 spiro atoms. The topological polar surface area (TPSA) is 65.7 Å². The van der Waals surface area contributed by atoms with Gasteiger partial charge in [0, 0.05) is 10.6 Å². The van der Waals surface area contributed by atoms with Crippen molar-refractivity contribution < 1.29 is 9.47 Å². The lowest BCUT2D eigenvalue weighted by Crippen LogP contribution is -2.23. The number of hydrogen-bond donors (Lipinski definition) is 0. The Morgan fingerprint density at radius 3 is 2.65 bits per heavy atom. The van der Waals surface area contributed by atoms with Gasteiger partial charge in [-0.3, -0.25) is 4.79 Å². The average Bonchev–Trinajstić information content (AvgIpc) is 3.26. The van der Waals surface area contributed by atoms with Gasteiger partial charge in [-0.25, -0.2) is 0 Å². The molecule has 0 unspecified atom stereocenters. The summed E-state index contributed by atoms with van der Waals surface area (Å²) in [5.41, 5.74) is 1.19. The number of hydrogen-bond acceptors (Lipinski definition) is 6. The van der Waals surface area contributed by atoms with Crippen LogP contribution in [0.2, 0.25) is 10.0 Å². The number of nitrogens with zero attached hydrogens (tertiary/aromatic N) is 3. The largest absolute Gasteiger partial charge is 0.493 e. The van der Waals surface area contributed by atoms with Crippen LogP contribution < -0.4 is 19.6 Å². The van der Waals surface area contributed by atoms with Gasteiger partial charge in [0.15, 0.2) is 17.3 Å². The molecule has 2 aromatic carbocycles. The second kappa shape index (κ2) is 8.86. The van der Waals surface area contributed by atoms with Crippen LogP contribution in [0, 0.1) is 5.92 Å². The zero-order valence-corrected chi connectivity index (χ0v) is 19.4. The van der Waals surface area contributed by atoms with Crippen LogP contribution in [0.25, 0.3) is 22.4 Å². The van der Waals surface area contributed by atoms with E-state index in [2.05, 4.69) is 23.9 Å². The normalized spacial score (nSPS) is 12.1. The van der Waals surface area contributed by atoms with Crippen molar-refractivity contribution in [3.05, 3.63) is 66.9 Å². The quantitative estimate of drug-likeness (QED) is 0.403. The summed E-state index contributed by atoms with van der Waals surface area (Å²) in [7, 11) is 1.59. The lowest BCUT2D eigenvalue weighted by Gasteiger charge is -2.12. The number of ether oxygens (including phenoxy) is 2. The first-order valence-electron chi connectivity index (χ1n) is 9.53. The zero-order chi connectivity index (χ0) is 22.1. The van der Waals surface area contributed by atoms with Crippen molar-refractivity contribution in [3.8, 4) is 22.9 Å². The highest BCUT2D eigenvalue weighted by Crippen LogP contribution is 2.30. The number of halogens is 2. The average molecular weight is 476 g/mol. The van der Waals surface area contributed by atoms with E-state index < -0.39 is 0 Å². The van der Waals surface area contributed by atoms with E-state index in [0.29, 0.717) is 55.0 Å². The molecule has 160 valence electrons. The Morgan fingerprint density at radius 2 is 1.97 bits per heavy atom. The first-order chi connectivity index (χ1) is 14.9. The molecule has 2 heterocycles. The van der Waals surface area contributed by atoms with Gasteiger partial charge in [-0.1, -0.05) is 54.5 Å². The van der Waals surface area contributed by atoms with Gasteiger partial charge in [-0.15, -0.1) is 5.10 Å². The van der Waals surface area contributed by atoms with Gasteiger partial charge in [-0.05, 0) is 47.9 Å². The second-order valence-electron chi connectivity index (χ2n) is 7.28. The van der Waals surface area contributed by atoms with Crippen LogP contribution >= 0.6 is 34.5 Å². The summed E-state index contributed by atoms with van der Waals surface area (Å²) < 4.78 is 13.0. The minimum atomic E-state index is -0.247. The Kier molecular flexibility index (Phi) is 6.18. The van der Waals surface area contributed by atoms with Gasteiger partial charge >= 0.3 is 0 Å². The summed E-state index contributed by atoms with van der Waals surface area (Å²) in [4.78, 5) is 17.8. The van der Waals surface area contributed by atoms with E-state index >= 15 is 0 Å². The molecular weight excluding hydrogens is 457 g/mol. The van der Waals surface area contributed by atoms with E-state index in [-0.39, 0.29) is 5.56 Å². The van der Waals surface area contributed by atoms with E-state index in [1.165, 1.54) is 15.9 Å². The molecule has 0 amide bonds. The first kappa shape index (κ1) is 21.6. The van der Waals surface area contributed by atoms with Crippen molar-refractivity contribution >= 4 is 45.6 Å². The number of aromatic nitrogens is 3. The minimum Gasteiger partial charge on any atom is -0.493 e. The van der Waals surface area contributed by atoms with Crippen LogP contribution in [0.4, 0.5) is 0 Å². The highest BCUT2D eigenvalue weighted by atomic mass is 35.5. The minimum absolute atomic E-state index is 0.247. The maximum Gasteiger partial charge on any atom is 0.291 e. The molecule has 4 aromatic rings. The zero-order valence-electron chi connectivity index (χ0n) is 17.1. The standard InChI is InChI=1S/C22H19Cl2N3O3S/c1-12(2)11-30-17-7-4-13(8-18(17)29-3)9-19-21(28)27-22(31-19)25-20(26-27)15-6-5-14(23)10-16(15)24/h4-10,12H,11H2,1-3H3/b19-9-. The fraction of sp³-hybridized carbons (Fsp3) is 0.227. The van der Waals surface area contributed by atoms with Gasteiger partial charge < -0.3 is 9.47 Å². The van der Waals surface area contributed by atoms with Crippen LogP contribution in [-0.2, 0) is 0 Å². The van der Waals surface area contributed by atoms with Crippen molar-refractivity contribution in [2.24, 2.45) is 5.92 Å². The van der Waals surface area contributed by atoms with E-state index in [9.17, 15) is 4.79 Å². The first-order valence-corrected chi connectivity index (χ1v) is 11.1. The molecule has 2 aromatic heterocycles. The third-order valence-corrected chi connectivity index (χ3v) is 5.92. The third-order valence-electron chi connectivity index (χ3n) is 4.41. The second-order valence-corrected chi connectivity index (χ2v) is 9.14. The predicted molar refractivity (Wildman–Crippen MR) is 125 cm³/mol. The molecule has 0 saturated carbocycles. The lowest BCUT2D eigenvalue weighted by molar-refractivity contribution is 0.257. The Labute approximate surface area is 192 Å². The van der Waals surface area contributed by atoms with E-state index in [1.54, 1.807) is 31.4 Å². The van der Waals surface area contributed by atoms with Gasteiger partial charge in [0.25, 0.3) is 5.56 Å². The van der Waals surface area contributed by atoms with Crippen molar-refractivity contribution in [2.75, 3.05) is 13.7 Å². The molecule has 0 fully saturated rings. The summed E-state index contributed by atoms with van der Waals surface area (Å²) in [6, 6.07) is 10.6. The number of fused-ring (bicyclic) bond motifs is 1. The molecule has 0 bridgehead atoms. The van der Waals surface area contributed by atoms with Crippen LogP contribution in [0.1, 0.15) is 19.4 Å². The predicted octanol–water partition coefficient (Wildman–Crippen LogP) is 4.72. The smallest absolute Gasteiger partial charge is 0.291 e. The Balaban J connectivity index is 1.69. The molecule has 31 heavy (non-hydrogen) atoms. The molecule has 9 heteroatoms. The molecular formula is C22H19Cl2N3O3S. The van der Waals surface area contributed by atoms with Crippen molar-refractivity contribution in [3.63, 3.8) is 0 Å². The molecule has 0 aliphatic carbocycles. The molecule has 0 saturated heterocycles. The van der Waals surface area contributed by atoms with Crippen LogP contribution in [-0.4, -0.2) is 28.3 Å². The number of methoxy groups -OCH3 is 1. The molecule has 0 N–H and O–H groups in total. The van der Waals surface area contributed by atoms with Crippen LogP contribution in [0.5, 0.6) is 11.5 Å². The van der Waals surface area contributed by atoms with E-state index in [4.69, 9.17) is 32.7 Å². The monoisotopic (exact) mass is 475 g/mol. The van der Waals surface area contributed by atoms with Crippen LogP contribution in [0.15, 0.2) is 41.2 Å². The maximum absolute atomic E-state index is 12.8. The van der Waals surface area contributed by atoms with Crippen molar-refractivity contribution in [1.29, 1.82) is 0 Å². The van der Waals surface area contributed by atoms with Gasteiger partial charge in [-0.2, -0.15) is 9.50 Å². The van der Waals surface area contributed by atoms with Crippen molar-refractivity contribution in [1.82, 2.24) is 14.6 Å². The molecule has 0 aliphatic heterocycles. The highest BCUT2D eigenvalue weighted by Gasteiger charge is 2.15. The highest BCUT2D eigenvalue weighted by molar-refractivity contribution is 7.15. The Morgan fingerprint density at radius 1 is 1.16 bits per heavy atom. The molecule has 0 radical (unpaired) electrons. The molecule has 4 rings (SSSR count). The summed E-state index contributed by atoms with van der Waals surface area (Å²) in [6.45, 7) is 4.76. The summed E-state index contributed by atoms with van der Waals surface area (Å²) in [5, 5.41) is 5.28. The number of benzene rings is 2. The Hall–Kier alpha value is -2.61. The summed E-state index contributed by atoms with van der Waals surface area (Å²) in [5.74, 6) is 2.06.